The van der Waals surface area contributed by atoms with Gasteiger partial charge < -0.3 is 11.1 Å². The van der Waals surface area contributed by atoms with E-state index in [2.05, 4.69) is 15.5 Å². The van der Waals surface area contributed by atoms with Crippen LogP contribution in [0.3, 0.4) is 0 Å². The maximum absolute atomic E-state index is 11.8. The molecule has 5 nitrogen and oxygen atoms in total. The van der Waals surface area contributed by atoms with Crippen molar-refractivity contribution in [3.05, 3.63) is 28.8 Å². The van der Waals surface area contributed by atoms with Gasteiger partial charge in [0.1, 0.15) is 5.01 Å². The molecule has 1 amide bonds. The molecular formula is C12H14N4OS2. The first kappa shape index (κ1) is 13.8. The van der Waals surface area contributed by atoms with Crippen molar-refractivity contribution in [1.29, 1.82) is 0 Å². The first-order valence-electron chi connectivity index (χ1n) is 5.63. The summed E-state index contributed by atoms with van der Waals surface area (Å²) in [5.74, 6) is 0.190. The maximum atomic E-state index is 11.8. The molecule has 0 radical (unpaired) electrons. The lowest BCUT2D eigenvalue weighted by Crippen LogP contribution is -2.15. The van der Waals surface area contributed by atoms with Crippen LogP contribution in [0.15, 0.2) is 22.5 Å². The van der Waals surface area contributed by atoms with Gasteiger partial charge in [0.2, 0.25) is 5.91 Å². The molecule has 0 unspecified atom stereocenters. The molecule has 0 aliphatic carbocycles. The van der Waals surface area contributed by atoms with Crippen molar-refractivity contribution in [1.82, 2.24) is 10.2 Å². The van der Waals surface area contributed by atoms with Crippen LogP contribution in [0.25, 0.3) is 0 Å². The number of nitrogens with zero attached hydrogens (tertiary/aromatic N) is 2. The number of nitrogen functional groups attached to an aromatic ring is 1. The Morgan fingerprint density at radius 3 is 2.84 bits per heavy atom. The first-order valence-corrected chi connectivity index (χ1v) is 7.43. The van der Waals surface area contributed by atoms with Crippen LogP contribution in [0.1, 0.15) is 10.6 Å². The summed E-state index contributed by atoms with van der Waals surface area (Å²) in [6.07, 6.45) is 0. The standard InChI is InChI=1S/C12H14N4OS2/c1-7-3-4-10(9(13)5-7)14-11(17)6-18-12-16-15-8(2)19-12/h3-5H,6,13H2,1-2H3,(H,14,17). The van der Waals surface area contributed by atoms with E-state index in [-0.39, 0.29) is 5.91 Å². The van der Waals surface area contributed by atoms with E-state index >= 15 is 0 Å². The molecule has 0 aliphatic rings. The zero-order chi connectivity index (χ0) is 13.8. The van der Waals surface area contributed by atoms with Gasteiger partial charge in [0, 0.05) is 0 Å². The summed E-state index contributed by atoms with van der Waals surface area (Å²) in [4.78, 5) is 11.8. The molecule has 0 saturated heterocycles. The highest BCUT2D eigenvalue weighted by Gasteiger charge is 2.08. The number of thioether (sulfide) groups is 1. The third kappa shape index (κ3) is 3.93. The summed E-state index contributed by atoms with van der Waals surface area (Å²) in [5.41, 5.74) is 8.12. The summed E-state index contributed by atoms with van der Waals surface area (Å²) in [5, 5.41) is 11.5. The Labute approximate surface area is 119 Å². The van der Waals surface area contributed by atoms with Gasteiger partial charge in [-0.3, -0.25) is 4.79 Å². The fraction of sp³-hybridized carbons (Fsp3) is 0.250. The summed E-state index contributed by atoms with van der Waals surface area (Å²) >= 11 is 2.85. The smallest absolute Gasteiger partial charge is 0.234 e. The van der Waals surface area contributed by atoms with Crippen LogP contribution >= 0.6 is 23.1 Å². The van der Waals surface area contributed by atoms with E-state index in [9.17, 15) is 4.79 Å². The van der Waals surface area contributed by atoms with Crippen LogP contribution in [-0.4, -0.2) is 21.9 Å². The number of rotatable bonds is 4. The number of nitrogens with two attached hydrogens (primary N) is 1. The molecule has 7 heteroatoms. The minimum absolute atomic E-state index is 0.103. The Bertz CT molecular complexity index is 597. The molecule has 100 valence electrons. The van der Waals surface area contributed by atoms with Crippen LogP contribution in [-0.2, 0) is 4.79 Å². The fourth-order valence-corrected chi connectivity index (χ4v) is 3.06. The number of carbonyl (C=O) groups is 1. The van der Waals surface area contributed by atoms with Crippen molar-refractivity contribution < 1.29 is 4.79 Å². The minimum atomic E-state index is -0.103. The van der Waals surface area contributed by atoms with Gasteiger partial charge in [0.15, 0.2) is 4.34 Å². The largest absolute Gasteiger partial charge is 0.397 e. The second-order valence-electron chi connectivity index (χ2n) is 4.01. The molecular weight excluding hydrogens is 280 g/mol. The van der Waals surface area contributed by atoms with E-state index in [1.54, 1.807) is 0 Å². The second-order valence-corrected chi connectivity index (χ2v) is 6.42. The van der Waals surface area contributed by atoms with Gasteiger partial charge in [0.05, 0.1) is 17.1 Å². The van der Waals surface area contributed by atoms with Crippen LogP contribution in [0, 0.1) is 13.8 Å². The van der Waals surface area contributed by atoms with Crippen molar-refractivity contribution in [2.45, 2.75) is 18.2 Å². The number of aryl methyl sites for hydroxylation is 2. The van der Waals surface area contributed by atoms with Crippen molar-refractivity contribution in [3.63, 3.8) is 0 Å². The second kappa shape index (κ2) is 6.03. The van der Waals surface area contributed by atoms with Crippen LogP contribution < -0.4 is 11.1 Å². The Kier molecular flexibility index (Phi) is 4.39. The van der Waals surface area contributed by atoms with E-state index in [1.807, 2.05) is 32.0 Å². The summed E-state index contributed by atoms with van der Waals surface area (Å²) in [7, 11) is 0. The molecule has 19 heavy (non-hydrogen) atoms. The molecule has 3 N–H and O–H groups in total. The van der Waals surface area contributed by atoms with E-state index in [4.69, 9.17) is 5.73 Å². The van der Waals surface area contributed by atoms with E-state index < -0.39 is 0 Å². The predicted octanol–water partition coefficient (Wildman–Crippen LogP) is 2.47. The minimum Gasteiger partial charge on any atom is -0.397 e. The van der Waals surface area contributed by atoms with Gasteiger partial charge >= 0.3 is 0 Å². The van der Waals surface area contributed by atoms with Crippen LogP contribution in [0.2, 0.25) is 0 Å². The van der Waals surface area contributed by atoms with Gasteiger partial charge in [-0.15, -0.1) is 10.2 Å². The molecule has 0 aliphatic heterocycles. The molecule has 1 aromatic heterocycles. The first-order chi connectivity index (χ1) is 9.04. The number of carbonyl (C=O) groups excluding carboxylic acids is 1. The monoisotopic (exact) mass is 294 g/mol. The molecule has 2 rings (SSSR count). The fourth-order valence-electron chi connectivity index (χ4n) is 1.45. The van der Waals surface area contributed by atoms with Gasteiger partial charge in [-0.1, -0.05) is 29.2 Å². The van der Waals surface area contributed by atoms with Gasteiger partial charge in [-0.25, -0.2) is 0 Å². The van der Waals surface area contributed by atoms with Gasteiger partial charge in [-0.2, -0.15) is 0 Å². The highest BCUT2D eigenvalue weighted by molar-refractivity contribution is 8.01. The quantitative estimate of drug-likeness (QED) is 0.669. The number of amides is 1. The molecule has 2 aromatic rings. The summed E-state index contributed by atoms with van der Waals surface area (Å²) in [6, 6.07) is 5.55. The molecule has 0 fully saturated rings. The number of anilines is 2. The number of benzene rings is 1. The predicted molar refractivity (Wildman–Crippen MR) is 79.6 cm³/mol. The van der Waals surface area contributed by atoms with Crippen molar-refractivity contribution in [2.75, 3.05) is 16.8 Å². The highest BCUT2D eigenvalue weighted by Crippen LogP contribution is 2.23. The van der Waals surface area contributed by atoms with Crippen LogP contribution in [0.4, 0.5) is 11.4 Å². The lowest BCUT2D eigenvalue weighted by atomic mass is 10.2. The Balaban J connectivity index is 1.90. The zero-order valence-corrected chi connectivity index (χ0v) is 12.3. The molecule has 1 aromatic carbocycles. The zero-order valence-electron chi connectivity index (χ0n) is 10.6. The highest BCUT2D eigenvalue weighted by atomic mass is 32.2. The SMILES string of the molecule is Cc1ccc(NC(=O)CSc2nnc(C)s2)c(N)c1. The number of hydrogen-bond donors (Lipinski definition) is 2. The normalized spacial score (nSPS) is 10.4. The topological polar surface area (TPSA) is 80.9 Å². The van der Waals surface area contributed by atoms with E-state index in [1.165, 1.54) is 23.1 Å². The van der Waals surface area contributed by atoms with Crippen molar-refractivity contribution in [3.8, 4) is 0 Å². The number of aromatic nitrogens is 2. The summed E-state index contributed by atoms with van der Waals surface area (Å²) < 4.78 is 0.796. The van der Waals surface area contributed by atoms with E-state index in [0.29, 0.717) is 17.1 Å². The molecule has 0 saturated carbocycles. The molecule has 0 atom stereocenters. The molecule has 1 heterocycles. The van der Waals surface area contributed by atoms with Crippen LogP contribution in [0.5, 0.6) is 0 Å². The summed E-state index contributed by atoms with van der Waals surface area (Å²) in [6.45, 7) is 3.84. The van der Waals surface area contributed by atoms with Gasteiger partial charge in [-0.05, 0) is 31.5 Å². The Morgan fingerprint density at radius 1 is 1.42 bits per heavy atom. The third-order valence-electron chi connectivity index (χ3n) is 2.32. The Morgan fingerprint density at radius 2 is 2.21 bits per heavy atom. The third-order valence-corrected chi connectivity index (χ3v) is 4.29. The van der Waals surface area contributed by atoms with E-state index in [0.717, 1.165) is 14.9 Å². The molecule has 0 spiro atoms. The van der Waals surface area contributed by atoms with Crippen molar-refractivity contribution in [2.24, 2.45) is 0 Å². The van der Waals surface area contributed by atoms with Crippen molar-refractivity contribution >= 4 is 40.4 Å². The lowest BCUT2D eigenvalue weighted by molar-refractivity contribution is -0.113. The van der Waals surface area contributed by atoms with Gasteiger partial charge in [0.25, 0.3) is 0 Å². The number of hydrogen-bond acceptors (Lipinski definition) is 6. The lowest BCUT2D eigenvalue weighted by Gasteiger charge is -2.08. The Hall–Kier alpha value is -1.60. The maximum Gasteiger partial charge on any atom is 0.234 e. The average Bonchev–Trinajstić information content (AvgIpc) is 2.76. The average molecular weight is 294 g/mol. The molecule has 0 bridgehead atoms. The number of nitrogens with one attached hydrogen (secondary N) is 1.